The molecule has 0 heterocycles. The van der Waals surface area contributed by atoms with Gasteiger partial charge in [-0.3, -0.25) is 9.59 Å². The van der Waals surface area contributed by atoms with E-state index in [-0.39, 0.29) is 0 Å². The molecule has 4 heteroatoms. The molecule has 0 fully saturated rings. The van der Waals surface area contributed by atoms with Crippen molar-refractivity contribution in [2.24, 2.45) is 5.41 Å². The van der Waals surface area contributed by atoms with Gasteiger partial charge in [0.05, 0.1) is 0 Å². The summed E-state index contributed by atoms with van der Waals surface area (Å²) >= 11 is 0. The fourth-order valence-electron chi connectivity index (χ4n) is 2.59. The summed E-state index contributed by atoms with van der Waals surface area (Å²) in [6.07, 6.45) is 2.25. The molecule has 4 nitrogen and oxygen atoms in total. The molecule has 2 atom stereocenters. The summed E-state index contributed by atoms with van der Waals surface area (Å²) < 4.78 is 5.17. The van der Waals surface area contributed by atoms with Crippen molar-refractivity contribution >= 4 is 11.8 Å². The predicted molar refractivity (Wildman–Crippen MR) is 72.5 cm³/mol. The second-order valence-corrected chi connectivity index (χ2v) is 5.95. The first-order valence-electron chi connectivity index (χ1n) is 6.30. The number of carbonyl (C=O) groups excluding carboxylic acids is 2. The van der Waals surface area contributed by atoms with E-state index in [1.54, 1.807) is 40.7 Å². The van der Waals surface area contributed by atoms with Crippen LogP contribution in [0.4, 0.5) is 0 Å². The molecule has 2 unspecified atom stereocenters. The van der Waals surface area contributed by atoms with Crippen molar-refractivity contribution in [3.8, 4) is 0 Å². The maximum Gasteiger partial charge on any atom is 0.303 e. The summed E-state index contributed by atoms with van der Waals surface area (Å²) in [5.74, 6) is -0.948. The molecule has 0 aromatic carbocycles. The second kappa shape index (κ2) is 4.93. The van der Waals surface area contributed by atoms with Crippen LogP contribution in [-0.4, -0.2) is 28.6 Å². The Morgan fingerprint density at radius 2 is 1.84 bits per heavy atom. The number of hydrogen-bond donors (Lipinski definition) is 1. The standard InChI is InChI=1S/C15H22O4/c1-9(2)7-12(17)15(18)13(19-11(4)16)10(3)8-14(15,5)6/h7-8,13,18H,1-6H3. The molecule has 1 aliphatic rings. The number of carbonyl (C=O) groups is 2. The summed E-state index contributed by atoms with van der Waals surface area (Å²) in [4.78, 5) is 23.6. The number of allylic oxidation sites excluding steroid dienone is 1. The van der Waals surface area contributed by atoms with Gasteiger partial charge >= 0.3 is 5.97 Å². The molecule has 1 rings (SSSR count). The van der Waals surface area contributed by atoms with Crippen LogP contribution in [0.15, 0.2) is 23.3 Å². The number of hydrogen-bond acceptors (Lipinski definition) is 4. The number of rotatable bonds is 3. The van der Waals surface area contributed by atoms with E-state index in [2.05, 4.69) is 0 Å². The molecule has 0 amide bonds. The quantitative estimate of drug-likeness (QED) is 0.483. The molecule has 0 spiro atoms. The summed E-state index contributed by atoms with van der Waals surface area (Å²) in [7, 11) is 0. The molecular formula is C15H22O4. The van der Waals surface area contributed by atoms with E-state index in [9.17, 15) is 14.7 Å². The first-order valence-corrected chi connectivity index (χ1v) is 6.30. The first-order chi connectivity index (χ1) is 8.52. The molecule has 0 saturated carbocycles. The summed E-state index contributed by atoms with van der Waals surface area (Å²) in [6, 6.07) is 0. The van der Waals surface area contributed by atoms with E-state index in [0.29, 0.717) is 5.57 Å². The van der Waals surface area contributed by atoms with Gasteiger partial charge in [0.25, 0.3) is 0 Å². The van der Waals surface area contributed by atoms with Crippen molar-refractivity contribution in [1.82, 2.24) is 0 Å². The number of ether oxygens (including phenoxy) is 1. The largest absolute Gasteiger partial charge is 0.454 e. The topological polar surface area (TPSA) is 63.6 Å². The fraction of sp³-hybridized carbons (Fsp3) is 0.600. The van der Waals surface area contributed by atoms with Crippen LogP contribution in [0.25, 0.3) is 0 Å². The molecule has 1 N–H and O–H groups in total. The third-order valence-corrected chi connectivity index (χ3v) is 3.44. The van der Waals surface area contributed by atoms with Crippen LogP contribution in [0.5, 0.6) is 0 Å². The molecule has 19 heavy (non-hydrogen) atoms. The highest BCUT2D eigenvalue weighted by molar-refractivity contribution is 6.00. The number of aliphatic hydroxyl groups is 1. The van der Waals surface area contributed by atoms with Crippen molar-refractivity contribution in [2.45, 2.75) is 53.2 Å². The average Bonchev–Trinajstić information content (AvgIpc) is 2.37. The zero-order valence-electron chi connectivity index (χ0n) is 12.4. The van der Waals surface area contributed by atoms with Crippen LogP contribution in [0.1, 0.15) is 41.5 Å². The minimum atomic E-state index is -1.75. The highest BCUT2D eigenvalue weighted by Crippen LogP contribution is 2.46. The lowest BCUT2D eigenvalue weighted by Gasteiger charge is -2.38. The van der Waals surface area contributed by atoms with Crippen molar-refractivity contribution in [2.75, 3.05) is 0 Å². The van der Waals surface area contributed by atoms with E-state index < -0.39 is 28.9 Å². The van der Waals surface area contributed by atoms with Crippen LogP contribution in [0.3, 0.4) is 0 Å². The first kappa shape index (κ1) is 15.6. The maximum absolute atomic E-state index is 12.4. The lowest BCUT2D eigenvalue weighted by atomic mass is 9.73. The minimum absolute atomic E-state index is 0.433. The van der Waals surface area contributed by atoms with Gasteiger partial charge in [0, 0.05) is 12.3 Å². The van der Waals surface area contributed by atoms with Crippen LogP contribution in [-0.2, 0) is 14.3 Å². The Hall–Kier alpha value is -1.42. The van der Waals surface area contributed by atoms with E-state index in [0.717, 1.165) is 5.57 Å². The van der Waals surface area contributed by atoms with Crippen molar-refractivity contribution in [3.05, 3.63) is 23.3 Å². The van der Waals surface area contributed by atoms with Gasteiger partial charge in [0.15, 0.2) is 17.5 Å². The molecule has 106 valence electrons. The second-order valence-electron chi connectivity index (χ2n) is 5.95. The monoisotopic (exact) mass is 266 g/mol. The Morgan fingerprint density at radius 3 is 2.26 bits per heavy atom. The van der Waals surface area contributed by atoms with Gasteiger partial charge in [-0.05, 0) is 32.4 Å². The fourth-order valence-corrected chi connectivity index (χ4v) is 2.59. The smallest absolute Gasteiger partial charge is 0.303 e. The summed E-state index contributed by atoms with van der Waals surface area (Å²) in [6.45, 7) is 10.1. The van der Waals surface area contributed by atoms with E-state index in [1.165, 1.54) is 13.0 Å². The number of esters is 1. The zero-order valence-corrected chi connectivity index (χ0v) is 12.4. The van der Waals surface area contributed by atoms with Gasteiger partial charge in [-0.1, -0.05) is 25.5 Å². The van der Waals surface area contributed by atoms with E-state index in [1.807, 2.05) is 0 Å². The van der Waals surface area contributed by atoms with E-state index >= 15 is 0 Å². The lowest BCUT2D eigenvalue weighted by molar-refractivity contribution is -0.171. The average molecular weight is 266 g/mol. The van der Waals surface area contributed by atoms with Crippen molar-refractivity contribution in [3.63, 3.8) is 0 Å². The van der Waals surface area contributed by atoms with Gasteiger partial charge in [0.1, 0.15) is 0 Å². The molecule has 0 aromatic heterocycles. The van der Waals surface area contributed by atoms with Gasteiger partial charge in [-0.25, -0.2) is 0 Å². The normalized spacial score (nSPS) is 28.6. The summed E-state index contributed by atoms with van der Waals surface area (Å²) in [5, 5.41) is 10.9. The zero-order chi connectivity index (χ0) is 15.0. The third-order valence-electron chi connectivity index (χ3n) is 3.44. The Bertz CT molecular complexity index is 467. The van der Waals surface area contributed by atoms with Gasteiger partial charge in [0.2, 0.25) is 0 Å². The highest BCUT2D eigenvalue weighted by atomic mass is 16.6. The Balaban J connectivity index is 3.29. The highest BCUT2D eigenvalue weighted by Gasteiger charge is 2.59. The molecular weight excluding hydrogens is 244 g/mol. The lowest BCUT2D eigenvalue weighted by Crippen LogP contribution is -2.56. The SMILES string of the molecule is CC(=O)OC1C(C)=CC(C)(C)C1(O)C(=O)C=C(C)C. The van der Waals surface area contributed by atoms with Crippen LogP contribution in [0.2, 0.25) is 0 Å². The Labute approximate surface area is 114 Å². The molecule has 0 saturated heterocycles. The van der Waals surface area contributed by atoms with Gasteiger partial charge in [-0.15, -0.1) is 0 Å². The van der Waals surface area contributed by atoms with Gasteiger partial charge in [-0.2, -0.15) is 0 Å². The van der Waals surface area contributed by atoms with Crippen LogP contribution >= 0.6 is 0 Å². The molecule has 1 aliphatic carbocycles. The molecule has 0 aliphatic heterocycles. The summed E-state index contributed by atoms with van der Waals surface area (Å²) in [5.41, 5.74) is -1.06. The minimum Gasteiger partial charge on any atom is -0.454 e. The molecule has 0 bridgehead atoms. The van der Waals surface area contributed by atoms with Crippen molar-refractivity contribution < 1.29 is 19.4 Å². The van der Waals surface area contributed by atoms with Crippen LogP contribution in [0, 0.1) is 5.41 Å². The van der Waals surface area contributed by atoms with Gasteiger partial charge < -0.3 is 9.84 Å². The van der Waals surface area contributed by atoms with E-state index in [4.69, 9.17) is 4.74 Å². The Kier molecular flexibility index (Phi) is 4.06. The molecule has 0 radical (unpaired) electrons. The molecule has 0 aromatic rings. The number of ketones is 1. The predicted octanol–water partition coefficient (Wildman–Crippen LogP) is 2.17. The van der Waals surface area contributed by atoms with Crippen molar-refractivity contribution in [1.29, 1.82) is 0 Å². The third kappa shape index (κ3) is 2.63. The van der Waals surface area contributed by atoms with Crippen LogP contribution < -0.4 is 0 Å². The Morgan fingerprint density at radius 1 is 1.32 bits per heavy atom. The maximum atomic E-state index is 12.4.